The van der Waals surface area contributed by atoms with Crippen LogP contribution in [0.3, 0.4) is 0 Å². The third-order valence-electron chi connectivity index (χ3n) is 4.39. The lowest BCUT2D eigenvalue weighted by molar-refractivity contribution is -0.917. The van der Waals surface area contributed by atoms with E-state index in [4.69, 9.17) is 21.4 Å². The quantitative estimate of drug-likeness (QED) is 0.555. The highest BCUT2D eigenvalue weighted by Gasteiger charge is 2.13. The molecule has 0 aliphatic rings. The molecule has 1 amide bonds. The molecule has 7 nitrogen and oxygen atoms in total. The number of rotatable bonds is 8. The Kier molecular flexibility index (Phi) is 6.79. The van der Waals surface area contributed by atoms with Gasteiger partial charge in [-0.3, -0.25) is 4.79 Å². The van der Waals surface area contributed by atoms with Gasteiger partial charge in [-0.25, -0.2) is 0 Å². The molecule has 1 atom stereocenters. The van der Waals surface area contributed by atoms with Gasteiger partial charge in [0.2, 0.25) is 5.89 Å². The van der Waals surface area contributed by atoms with Crippen molar-refractivity contribution in [2.24, 2.45) is 0 Å². The third-order valence-corrected chi connectivity index (χ3v) is 4.68. The molecule has 0 bridgehead atoms. The summed E-state index contributed by atoms with van der Waals surface area (Å²) < 4.78 is 12.8. The minimum Gasteiger partial charge on any atom is -0.494 e. The van der Waals surface area contributed by atoms with E-state index in [1.165, 1.54) is 4.90 Å². The van der Waals surface area contributed by atoms with E-state index in [1.807, 2.05) is 55.5 Å². The zero-order chi connectivity index (χ0) is 20.8. The van der Waals surface area contributed by atoms with E-state index < -0.39 is 0 Å². The molecule has 1 unspecified atom stereocenters. The van der Waals surface area contributed by atoms with Gasteiger partial charge in [0.25, 0.3) is 10.7 Å². The first-order valence-corrected chi connectivity index (χ1v) is 9.84. The maximum atomic E-state index is 11.6. The second-order valence-electron chi connectivity index (χ2n) is 6.70. The Morgan fingerprint density at radius 1 is 1.21 bits per heavy atom. The normalized spacial score (nSPS) is 11.8. The van der Waals surface area contributed by atoms with Crippen LogP contribution in [0, 0.1) is 4.84 Å². The zero-order valence-electron chi connectivity index (χ0n) is 16.8. The molecule has 3 aromatic rings. The van der Waals surface area contributed by atoms with E-state index in [0.29, 0.717) is 29.6 Å². The van der Waals surface area contributed by atoms with Crippen molar-refractivity contribution in [2.75, 3.05) is 20.7 Å². The maximum Gasteiger partial charge on any atom is 0.292 e. The van der Waals surface area contributed by atoms with Gasteiger partial charge in [0.15, 0.2) is 6.67 Å². The van der Waals surface area contributed by atoms with Crippen molar-refractivity contribution in [3.8, 4) is 17.2 Å². The molecule has 1 heterocycles. The van der Waals surface area contributed by atoms with Gasteiger partial charge in [0.05, 0.1) is 13.7 Å². The van der Waals surface area contributed by atoms with Crippen LogP contribution < -0.4 is 15.0 Å². The second-order valence-corrected chi connectivity index (χ2v) is 7.05. The number of carbonyl (C=O) groups excluding carboxylic acids is 1. The van der Waals surface area contributed by atoms with Crippen LogP contribution in [-0.2, 0) is 13.2 Å². The SMILES string of the molecule is CCOc1ccc(-c2nn(C[NH+](C)Cc3ccc(C(=O)NC)cc3)c(=S)o2)cc1. The first-order chi connectivity index (χ1) is 14.0. The monoisotopic (exact) mass is 413 g/mol. The molecule has 2 N–H and O–H groups in total. The number of ether oxygens (including phenoxy) is 1. The molecule has 0 aliphatic heterocycles. The molecule has 0 spiro atoms. The van der Waals surface area contributed by atoms with Crippen LogP contribution in [0.1, 0.15) is 22.8 Å². The first kappa shape index (κ1) is 20.8. The van der Waals surface area contributed by atoms with E-state index in [2.05, 4.69) is 17.5 Å². The second kappa shape index (κ2) is 9.49. The van der Waals surface area contributed by atoms with Crippen LogP contribution >= 0.6 is 12.2 Å². The minimum absolute atomic E-state index is 0.0898. The number of carbonyl (C=O) groups is 1. The largest absolute Gasteiger partial charge is 0.494 e. The predicted octanol–water partition coefficient (Wildman–Crippen LogP) is 2.30. The Morgan fingerprint density at radius 2 is 1.90 bits per heavy atom. The molecule has 2 aromatic carbocycles. The number of hydrogen-bond acceptors (Lipinski definition) is 5. The summed E-state index contributed by atoms with van der Waals surface area (Å²) in [4.78, 5) is 13.2. The van der Waals surface area contributed by atoms with Gasteiger partial charge in [-0.1, -0.05) is 12.1 Å². The zero-order valence-corrected chi connectivity index (χ0v) is 17.6. The molecular weight excluding hydrogens is 388 g/mol. The lowest BCUT2D eigenvalue weighted by Gasteiger charge is -2.13. The summed E-state index contributed by atoms with van der Waals surface area (Å²) in [6.45, 7) is 3.90. The minimum atomic E-state index is -0.0898. The molecule has 3 rings (SSSR count). The summed E-state index contributed by atoms with van der Waals surface area (Å²) in [5, 5.41) is 7.14. The van der Waals surface area contributed by atoms with Crippen LogP contribution in [0.5, 0.6) is 5.75 Å². The Hall–Kier alpha value is -2.97. The Bertz CT molecular complexity index is 1010. The number of benzene rings is 2. The lowest BCUT2D eigenvalue weighted by Crippen LogP contribution is -3.07. The summed E-state index contributed by atoms with van der Waals surface area (Å²) in [7, 11) is 3.68. The van der Waals surface area contributed by atoms with E-state index >= 15 is 0 Å². The van der Waals surface area contributed by atoms with Crippen molar-refractivity contribution >= 4 is 18.1 Å². The van der Waals surface area contributed by atoms with Gasteiger partial charge in [0, 0.05) is 23.7 Å². The molecule has 152 valence electrons. The summed E-state index contributed by atoms with van der Waals surface area (Å²) in [6, 6.07) is 15.1. The first-order valence-electron chi connectivity index (χ1n) is 9.43. The topological polar surface area (TPSA) is 73.7 Å². The fourth-order valence-electron chi connectivity index (χ4n) is 2.96. The van der Waals surface area contributed by atoms with Gasteiger partial charge in [-0.05, 0) is 55.5 Å². The van der Waals surface area contributed by atoms with Crippen molar-refractivity contribution in [3.05, 3.63) is 64.5 Å². The molecule has 0 saturated heterocycles. The average Bonchev–Trinajstić information content (AvgIpc) is 3.09. The number of quaternary nitrogens is 1. The van der Waals surface area contributed by atoms with Gasteiger partial charge >= 0.3 is 0 Å². The third kappa shape index (κ3) is 5.30. The standard InChI is InChI=1S/C21H24N4O3S/c1-4-27-18-11-9-17(10-12-18)20-23-25(21(29)28-20)14-24(3)13-15-5-7-16(8-6-15)19(26)22-2/h5-12H,4,13-14H2,1-3H3,(H,22,26)/p+1. The van der Waals surface area contributed by atoms with Crippen LogP contribution in [0.15, 0.2) is 52.9 Å². The van der Waals surface area contributed by atoms with Crippen LogP contribution in [0.4, 0.5) is 0 Å². The number of nitrogens with zero attached hydrogens (tertiary/aromatic N) is 2. The summed E-state index contributed by atoms with van der Waals surface area (Å²) >= 11 is 5.33. The Balaban J connectivity index is 1.65. The number of amides is 1. The van der Waals surface area contributed by atoms with Crippen LogP contribution in [0.25, 0.3) is 11.5 Å². The van der Waals surface area contributed by atoms with Gasteiger partial charge < -0.3 is 19.4 Å². The van der Waals surface area contributed by atoms with Gasteiger partial charge in [-0.2, -0.15) is 4.68 Å². The van der Waals surface area contributed by atoms with E-state index in [1.54, 1.807) is 11.7 Å². The Morgan fingerprint density at radius 3 is 2.52 bits per heavy atom. The molecule has 0 fully saturated rings. The van der Waals surface area contributed by atoms with Crippen LogP contribution in [-0.4, -0.2) is 36.4 Å². The predicted molar refractivity (Wildman–Crippen MR) is 112 cm³/mol. The number of nitrogens with one attached hydrogen (secondary N) is 2. The van der Waals surface area contributed by atoms with E-state index in [0.717, 1.165) is 23.4 Å². The summed E-state index contributed by atoms with van der Waals surface area (Å²) in [5.41, 5.74) is 2.62. The molecule has 0 aliphatic carbocycles. The van der Waals surface area contributed by atoms with Crippen molar-refractivity contribution in [1.29, 1.82) is 0 Å². The van der Waals surface area contributed by atoms with Gasteiger partial charge in [0.1, 0.15) is 12.3 Å². The molecule has 1 aromatic heterocycles. The smallest absolute Gasteiger partial charge is 0.292 e. The van der Waals surface area contributed by atoms with Gasteiger partial charge in [-0.15, -0.1) is 5.10 Å². The fraction of sp³-hybridized carbons (Fsp3) is 0.286. The highest BCUT2D eigenvalue weighted by molar-refractivity contribution is 7.71. The molecule has 0 radical (unpaired) electrons. The van der Waals surface area contributed by atoms with Crippen molar-refractivity contribution < 1.29 is 18.8 Å². The van der Waals surface area contributed by atoms with Crippen LogP contribution in [0.2, 0.25) is 0 Å². The highest BCUT2D eigenvalue weighted by Crippen LogP contribution is 2.21. The molecule has 29 heavy (non-hydrogen) atoms. The average molecular weight is 414 g/mol. The molecule has 8 heteroatoms. The lowest BCUT2D eigenvalue weighted by atomic mass is 10.1. The molecular formula is C21H25N4O3S+. The summed E-state index contributed by atoms with van der Waals surface area (Å²) in [6.07, 6.45) is 0. The Labute approximate surface area is 174 Å². The number of aromatic nitrogens is 2. The highest BCUT2D eigenvalue weighted by atomic mass is 32.1. The van der Waals surface area contributed by atoms with E-state index in [9.17, 15) is 4.79 Å². The van der Waals surface area contributed by atoms with Crippen molar-refractivity contribution in [1.82, 2.24) is 15.1 Å². The summed E-state index contributed by atoms with van der Waals surface area (Å²) in [5.74, 6) is 1.20. The van der Waals surface area contributed by atoms with Crippen molar-refractivity contribution in [2.45, 2.75) is 20.1 Å². The van der Waals surface area contributed by atoms with Crippen molar-refractivity contribution in [3.63, 3.8) is 0 Å². The fourth-order valence-corrected chi connectivity index (χ4v) is 3.15. The molecule has 0 saturated carbocycles. The number of hydrogen-bond donors (Lipinski definition) is 2. The van der Waals surface area contributed by atoms with E-state index in [-0.39, 0.29) is 5.91 Å². The maximum absolute atomic E-state index is 11.6.